The number of hydrogen-bond acceptors (Lipinski definition) is 3. The number of likely N-dealkylation sites (tertiary alicyclic amines) is 1. The Bertz CT molecular complexity index is 730. The molecule has 5 heteroatoms. The Labute approximate surface area is 154 Å². The number of urea groups is 1. The quantitative estimate of drug-likeness (QED) is 0.879. The molecular formula is C21H26N2O3. The molecule has 26 heavy (non-hydrogen) atoms. The van der Waals surface area contributed by atoms with Crippen molar-refractivity contribution >= 4 is 11.7 Å². The number of hydrogen-bond donors (Lipinski definition) is 1. The number of rotatable bonds is 4. The number of amides is 2. The molecule has 1 saturated heterocycles. The highest BCUT2D eigenvalue weighted by Crippen LogP contribution is 2.28. The predicted octanol–water partition coefficient (Wildman–Crippen LogP) is 4.51. The summed E-state index contributed by atoms with van der Waals surface area (Å²) >= 11 is 0. The normalized spacial score (nSPS) is 17.3. The van der Waals surface area contributed by atoms with E-state index in [2.05, 4.69) is 17.4 Å². The van der Waals surface area contributed by atoms with Gasteiger partial charge in [0.1, 0.15) is 11.5 Å². The zero-order valence-electron chi connectivity index (χ0n) is 15.4. The lowest BCUT2D eigenvalue weighted by atomic mass is 9.94. The molecule has 1 unspecified atom stereocenters. The van der Waals surface area contributed by atoms with Crippen molar-refractivity contribution in [2.45, 2.75) is 25.2 Å². The van der Waals surface area contributed by atoms with Gasteiger partial charge in [0.2, 0.25) is 0 Å². The molecule has 0 saturated carbocycles. The second-order valence-electron chi connectivity index (χ2n) is 6.57. The van der Waals surface area contributed by atoms with Crippen molar-refractivity contribution in [1.82, 2.24) is 4.90 Å². The molecular weight excluding hydrogens is 328 g/mol. The lowest BCUT2D eigenvalue weighted by Crippen LogP contribution is -2.37. The van der Waals surface area contributed by atoms with Gasteiger partial charge in [-0.15, -0.1) is 0 Å². The van der Waals surface area contributed by atoms with E-state index in [-0.39, 0.29) is 6.03 Å². The molecule has 1 N–H and O–H groups in total. The van der Waals surface area contributed by atoms with Gasteiger partial charge < -0.3 is 19.7 Å². The highest BCUT2D eigenvalue weighted by Gasteiger charge is 2.23. The topological polar surface area (TPSA) is 50.8 Å². The minimum Gasteiger partial charge on any atom is -0.497 e. The largest absolute Gasteiger partial charge is 0.497 e. The van der Waals surface area contributed by atoms with Crippen LogP contribution in [-0.2, 0) is 0 Å². The van der Waals surface area contributed by atoms with Crippen LogP contribution in [0.2, 0.25) is 0 Å². The average Bonchev–Trinajstić information content (AvgIpc) is 2.94. The van der Waals surface area contributed by atoms with E-state index < -0.39 is 0 Å². The molecule has 2 aromatic rings. The third-order valence-electron chi connectivity index (χ3n) is 4.87. The van der Waals surface area contributed by atoms with E-state index in [4.69, 9.17) is 9.47 Å². The molecule has 1 heterocycles. The predicted molar refractivity (Wildman–Crippen MR) is 103 cm³/mol. The zero-order chi connectivity index (χ0) is 18.4. The van der Waals surface area contributed by atoms with Crippen LogP contribution in [0.1, 0.15) is 30.7 Å². The van der Waals surface area contributed by atoms with Gasteiger partial charge in [-0.25, -0.2) is 4.79 Å². The molecule has 1 atom stereocenters. The van der Waals surface area contributed by atoms with Gasteiger partial charge in [0.15, 0.2) is 0 Å². The van der Waals surface area contributed by atoms with Crippen LogP contribution in [0.5, 0.6) is 11.5 Å². The Morgan fingerprint density at radius 2 is 1.81 bits per heavy atom. The first-order chi connectivity index (χ1) is 12.7. The minimum absolute atomic E-state index is 0.0568. The first kappa shape index (κ1) is 18.1. The summed E-state index contributed by atoms with van der Waals surface area (Å²) in [5.74, 6) is 1.93. The van der Waals surface area contributed by atoms with Crippen molar-refractivity contribution in [3.05, 3.63) is 54.1 Å². The summed E-state index contributed by atoms with van der Waals surface area (Å²) in [6.07, 6.45) is 3.24. The van der Waals surface area contributed by atoms with Gasteiger partial charge in [0.25, 0.3) is 0 Å². The molecule has 5 nitrogen and oxygen atoms in total. The molecule has 3 rings (SSSR count). The second-order valence-corrected chi connectivity index (χ2v) is 6.57. The van der Waals surface area contributed by atoms with E-state index in [1.54, 1.807) is 14.2 Å². The molecule has 0 aliphatic carbocycles. The Morgan fingerprint density at radius 3 is 2.54 bits per heavy atom. The number of ether oxygens (including phenoxy) is 2. The maximum Gasteiger partial charge on any atom is 0.321 e. The maximum atomic E-state index is 12.8. The number of anilines is 1. The van der Waals surface area contributed by atoms with Crippen molar-refractivity contribution in [2.24, 2.45) is 0 Å². The van der Waals surface area contributed by atoms with Gasteiger partial charge in [-0.3, -0.25) is 0 Å². The van der Waals surface area contributed by atoms with Crippen LogP contribution in [-0.4, -0.2) is 38.2 Å². The van der Waals surface area contributed by atoms with Gasteiger partial charge in [0.05, 0.1) is 14.2 Å². The third kappa shape index (κ3) is 4.48. The van der Waals surface area contributed by atoms with Gasteiger partial charge in [0, 0.05) is 30.8 Å². The summed E-state index contributed by atoms with van der Waals surface area (Å²) in [4.78, 5) is 14.7. The summed E-state index contributed by atoms with van der Waals surface area (Å²) < 4.78 is 10.5. The first-order valence-corrected chi connectivity index (χ1v) is 9.03. The standard InChI is InChI=1S/C21H26N2O3/c1-25-19-11-9-16(10-12-19)17-6-3-4-13-23(15-17)21(24)22-18-7-5-8-20(14-18)26-2/h5,7-12,14,17H,3-4,6,13,15H2,1-2H3,(H,22,24). The number of nitrogens with zero attached hydrogens (tertiary/aromatic N) is 1. The van der Waals surface area contributed by atoms with Gasteiger partial charge in [-0.1, -0.05) is 24.6 Å². The van der Waals surface area contributed by atoms with Gasteiger partial charge in [-0.05, 0) is 42.7 Å². The Morgan fingerprint density at radius 1 is 1.04 bits per heavy atom. The highest BCUT2D eigenvalue weighted by atomic mass is 16.5. The van der Waals surface area contributed by atoms with E-state index in [0.29, 0.717) is 5.92 Å². The summed E-state index contributed by atoms with van der Waals surface area (Å²) in [5, 5.41) is 2.99. The molecule has 2 aromatic carbocycles. The summed E-state index contributed by atoms with van der Waals surface area (Å²) in [5.41, 5.74) is 2.01. The van der Waals surface area contributed by atoms with E-state index in [9.17, 15) is 4.79 Å². The smallest absolute Gasteiger partial charge is 0.321 e. The number of carbonyl (C=O) groups is 1. The molecule has 1 fully saturated rings. The fraction of sp³-hybridized carbons (Fsp3) is 0.381. The van der Waals surface area contributed by atoms with Crippen LogP contribution in [0, 0.1) is 0 Å². The van der Waals surface area contributed by atoms with E-state index >= 15 is 0 Å². The molecule has 1 aliphatic rings. The van der Waals surface area contributed by atoms with Crippen LogP contribution in [0.15, 0.2) is 48.5 Å². The van der Waals surface area contributed by atoms with Crippen LogP contribution < -0.4 is 14.8 Å². The van der Waals surface area contributed by atoms with Crippen LogP contribution in [0.25, 0.3) is 0 Å². The number of carbonyl (C=O) groups excluding carboxylic acids is 1. The second kappa shape index (κ2) is 8.61. The van der Waals surface area contributed by atoms with Crippen molar-refractivity contribution in [2.75, 3.05) is 32.6 Å². The molecule has 138 valence electrons. The molecule has 0 aromatic heterocycles. The maximum absolute atomic E-state index is 12.8. The number of methoxy groups -OCH3 is 2. The van der Waals surface area contributed by atoms with Crippen LogP contribution in [0.4, 0.5) is 10.5 Å². The van der Waals surface area contributed by atoms with Gasteiger partial charge in [-0.2, -0.15) is 0 Å². The lowest BCUT2D eigenvalue weighted by Gasteiger charge is -2.25. The minimum atomic E-state index is -0.0568. The van der Waals surface area contributed by atoms with E-state index in [1.165, 1.54) is 5.56 Å². The Balaban J connectivity index is 1.68. The highest BCUT2D eigenvalue weighted by molar-refractivity contribution is 5.89. The van der Waals surface area contributed by atoms with Crippen molar-refractivity contribution in [1.29, 1.82) is 0 Å². The Kier molecular flexibility index (Phi) is 6.00. The third-order valence-corrected chi connectivity index (χ3v) is 4.87. The summed E-state index contributed by atoms with van der Waals surface area (Å²) in [7, 11) is 3.29. The van der Waals surface area contributed by atoms with Crippen LogP contribution >= 0.6 is 0 Å². The number of nitrogens with one attached hydrogen (secondary N) is 1. The average molecular weight is 354 g/mol. The molecule has 0 bridgehead atoms. The van der Waals surface area contributed by atoms with Crippen molar-refractivity contribution < 1.29 is 14.3 Å². The zero-order valence-corrected chi connectivity index (χ0v) is 15.4. The molecule has 0 radical (unpaired) electrons. The van der Waals surface area contributed by atoms with Crippen molar-refractivity contribution in [3.63, 3.8) is 0 Å². The van der Waals surface area contributed by atoms with Gasteiger partial charge >= 0.3 is 6.03 Å². The number of benzene rings is 2. The Hall–Kier alpha value is -2.69. The summed E-state index contributed by atoms with van der Waals surface area (Å²) in [6, 6.07) is 15.6. The SMILES string of the molecule is COc1ccc(C2CCCCN(C(=O)Nc3cccc(OC)c3)C2)cc1. The fourth-order valence-electron chi connectivity index (χ4n) is 3.38. The first-order valence-electron chi connectivity index (χ1n) is 9.03. The van der Waals surface area contributed by atoms with E-state index in [0.717, 1.165) is 49.5 Å². The van der Waals surface area contributed by atoms with Crippen molar-refractivity contribution in [3.8, 4) is 11.5 Å². The molecule has 2 amide bonds. The molecule has 0 spiro atoms. The monoisotopic (exact) mass is 354 g/mol. The lowest BCUT2D eigenvalue weighted by molar-refractivity contribution is 0.211. The fourth-order valence-corrected chi connectivity index (χ4v) is 3.38. The summed E-state index contributed by atoms with van der Waals surface area (Å²) in [6.45, 7) is 1.50. The van der Waals surface area contributed by atoms with Crippen LogP contribution in [0.3, 0.4) is 0 Å². The van der Waals surface area contributed by atoms with E-state index in [1.807, 2.05) is 41.3 Å². The molecule has 1 aliphatic heterocycles.